The van der Waals surface area contributed by atoms with Gasteiger partial charge in [-0.2, -0.15) is 10.2 Å². The van der Waals surface area contributed by atoms with Crippen molar-refractivity contribution in [1.29, 1.82) is 0 Å². The molecule has 21 nitrogen and oxygen atoms in total. The highest BCUT2D eigenvalue weighted by atomic mass is 79.9. The van der Waals surface area contributed by atoms with Gasteiger partial charge in [-0.15, -0.1) is 0 Å². The number of alkyl carbamates (subject to hydrolysis) is 1. The summed E-state index contributed by atoms with van der Waals surface area (Å²) in [6.07, 6.45) is 13.1. The monoisotopic (exact) mass is 1230 g/mol. The second-order valence-electron chi connectivity index (χ2n) is 23.6. The maximum atomic E-state index is 12.9. The van der Waals surface area contributed by atoms with Gasteiger partial charge in [-0.05, 0) is 171 Å². The third kappa shape index (κ3) is 15.1. The van der Waals surface area contributed by atoms with Gasteiger partial charge >= 0.3 is 12.1 Å². The smallest absolute Gasteiger partial charge is 0.407 e. The number of aromatic carboxylic acids is 1. The van der Waals surface area contributed by atoms with Crippen molar-refractivity contribution in [3.63, 3.8) is 0 Å². The van der Waals surface area contributed by atoms with Gasteiger partial charge in [0, 0.05) is 21.0 Å². The van der Waals surface area contributed by atoms with Crippen LogP contribution in [0.3, 0.4) is 0 Å². The number of ether oxygens (including phenoxy) is 5. The molecule has 23 heteroatoms. The number of carboxylic acid groups (broad SMARTS) is 1. The minimum Gasteiger partial charge on any atom is -0.490 e. The Balaban J connectivity index is 0.000000168. The van der Waals surface area contributed by atoms with Crippen LogP contribution >= 0.6 is 31.9 Å². The van der Waals surface area contributed by atoms with Crippen LogP contribution in [0.4, 0.5) is 4.79 Å². The second kappa shape index (κ2) is 23.3. The lowest BCUT2D eigenvalue weighted by molar-refractivity contribution is -0.0855. The molecule has 428 valence electrons. The second-order valence-corrected chi connectivity index (χ2v) is 25.5. The number of primary amides is 2. The molecule has 4 aliphatic carbocycles. The summed E-state index contributed by atoms with van der Waals surface area (Å²) in [4.78, 5) is 58.9. The fourth-order valence-electron chi connectivity index (χ4n) is 10.5. The van der Waals surface area contributed by atoms with Gasteiger partial charge < -0.3 is 61.1 Å². The molecule has 2 aromatic carbocycles. The fraction of sp³-hybridized carbons (Fsp3) is 0.456. The fourth-order valence-corrected chi connectivity index (χ4v) is 11.2. The average molecular weight is 1230 g/mol. The Hall–Kier alpha value is -6.95. The molecule has 80 heavy (non-hydrogen) atoms. The predicted molar refractivity (Wildman–Crippen MR) is 301 cm³/mol. The Morgan fingerprint density at radius 3 is 1.43 bits per heavy atom. The van der Waals surface area contributed by atoms with Crippen molar-refractivity contribution < 1.29 is 63.0 Å². The highest BCUT2D eigenvalue weighted by Gasteiger charge is 2.55. The first-order valence-electron chi connectivity index (χ1n) is 26.1. The van der Waals surface area contributed by atoms with Crippen LogP contribution < -0.4 is 41.0 Å². The Labute approximate surface area is 479 Å². The van der Waals surface area contributed by atoms with E-state index in [4.69, 9.17) is 40.3 Å². The quantitative estimate of drug-likeness (QED) is 0.0478. The third-order valence-corrected chi connectivity index (χ3v) is 15.0. The summed E-state index contributed by atoms with van der Waals surface area (Å²) in [7, 11) is 0. The van der Waals surface area contributed by atoms with Crippen molar-refractivity contribution in [2.24, 2.45) is 22.3 Å². The molecule has 4 aromatic heterocycles. The third-order valence-electron chi connectivity index (χ3n) is 14.1. The number of hydrogen-bond donors (Lipinski definition) is 7. The van der Waals surface area contributed by atoms with Crippen molar-refractivity contribution in [1.82, 2.24) is 29.9 Å². The van der Waals surface area contributed by atoms with Crippen LogP contribution in [0.2, 0.25) is 0 Å². The van der Waals surface area contributed by atoms with E-state index in [2.05, 4.69) is 52.7 Å². The van der Waals surface area contributed by atoms with Crippen LogP contribution in [0.25, 0.3) is 11.0 Å². The molecule has 0 aliphatic heterocycles. The number of nitrogens with zero attached hydrogens (tertiary/aromatic N) is 4. The molecule has 4 aliphatic rings. The Kier molecular flexibility index (Phi) is 17.2. The van der Waals surface area contributed by atoms with Crippen molar-refractivity contribution >= 4 is 72.7 Å². The minimum absolute atomic E-state index is 0.0292. The first-order valence-corrected chi connectivity index (χ1v) is 27.7. The van der Waals surface area contributed by atoms with Crippen LogP contribution in [0, 0.1) is 10.8 Å². The normalized spacial score (nSPS) is 21.9. The maximum Gasteiger partial charge on any atom is 0.407 e. The van der Waals surface area contributed by atoms with E-state index in [0.717, 1.165) is 60.3 Å². The highest BCUT2D eigenvalue weighted by molar-refractivity contribution is 9.10. The number of aromatic nitrogens is 4. The number of carbonyl (C=O) groups excluding carboxylic acids is 4. The predicted octanol–water partition coefficient (Wildman–Crippen LogP) is 8.41. The SMILES string of the molecule is CC(C)(C)OC(=O)NC1CC2(C1)CC(Oc1cc(Br)ccc1C(N)=O)C2.CC(C)(O)COc1ccc2c(C(=O)NC3CC4(C3)CC(Oc3cc(Br)ccc3C(N)=O)C4)cnn2c1.CC(C)(O)COc1ccc2c(C(=O)O)cnn2c1. The molecule has 0 radical (unpaired) electrons. The molecule has 0 atom stereocenters. The van der Waals surface area contributed by atoms with Crippen molar-refractivity contribution in [2.75, 3.05) is 13.2 Å². The zero-order chi connectivity index (χ0) is 58.1. The van der Waals surface area contributed by atoms with Gasteiger partial charge in [0.2, 0.25) is 0 Å². The lowest BCUT2D eigenvalue weighted by Crippen LogP contribution is -2.59. The molecule has 0 bridgehead atoms. The van der Waals surface area contributed by atoms with Gasteiger partial charge in [0.25, 0.3) is 17.7 Å². The summed E-state index contributed by atoms with van der Waals surface area (Å²) >= 11 is 6.80. The van der Waals surface area contributed by atoms with Gasteiger partial charge in [-0.3, -0.25) is 14.4 Å². The van der Waals surface area contributed by atoms with E-state index in [1.807, 2.05) is 20.8 Å². The molecular formula is C57H68Br2N8O13. The number of pyridine rings is 2. The largest absolute Gasteiger partial charge is 0.490 e. The van der Waals surface area contributed by atoms with E-state index in [9.17, 15) is 34.2 Å². The average Bonchev–Trinajstić information content (AvgIpc) is 3.94. The topological polar surface area (TPSA) is 303 Å². The number of carboxylic acids is 1. The summed E-state index contributed by atoms with van der Waals surface area (Å²) in [6, 6.07) is 17.5. The Bertz CT molecular complexity index is 3280. The zero-order valence-corrected chi connectivity index (χ0v) is 48.8. The molecule has 0 unspecified atom stereocenters. The number of fused-ring (bicyclic) bond motifs is 2. The van der Waals surface area contributed by atoms with Crippen LogP contribution in [0.15, 0.2) is 94.4 Å². The molecule has 9 N–H and O–H groups in total. The van der Waals surface area contributed by atoms with Gasteiger partial charge in [0.05, 0.1) is 75.9 Å². The van der Waals surface area contributed by atoms with Crippen molar-refractivity contribution in [3.05, 3.63) is 117 Å². The number of nitrogens with two attached hydrogens (primary N) is 2. The first kappa shape index (κ1) is 59.2. The number of aliphatic hydroxyl groups is 2. The number of hydrogen-bond acceptors (Lipinski definition) is 14. The summed E-state index contributed by atoms with van der Waals surface area (Å²) in [5, 5.41) is 42.6. The summed E-state index contributed by atoms with van der Waals surface area (Å²) in [5.41, 5.74) is 11.6. The molecule has 2 spiro atoms. The number of halogens is 2. The van der Waals surface area contributed by atoms with E-state index in [0.29, 0.717) is 50.7 Å². The van der Waals surface area contributed by atoms with Crippen molar-refractivity contribution in [2.45, 2.75) is 141 Å². The molecule has 4 heterocycles. The van der Waals surface area contributed by atoms with E-state index < -0.39 is 34.6 Å². The van der Waals surface area contributed by atoms with Gasteiger partial charge in [0.15, 0.2) is 0 Å². The molecule has 0 saturated heterocycles. The molecule has 6 aromatic rings. The van der Waals surface area contributed by atoms with Crippen LogP contribution in [0.5, 0.6) is 23.0 Å². The van der Waals surface area contributed by atoms with Crippen molar-refractivity contribution in [3.8, 4) is 23.0 Å². The Morgan fingerprint density at radius 2 is 1.02 bits per heavy atom. The standard InChI is InChI=1S/C26H29BrN4O5.C19H25BrN2O4.C12H14N2O4/c1-25(2,34)14-35-17-4-6-21-20(12-29-31(21)13-17)24(33)30-16-8-26(9-16)10-18(11-26)36-22-7-15(27)3-5-19(22)23(28)32;1-18(2,3)26-17(24)22-12-7-19(8-12)9-13(10-19)25-15-6-11(20)4-5-14(15)16(21)23;1-12(2,17)7-18-8-3-4-10-9(11(15)16)5-13-14(10)6-8/h3-7,12-13,16,18,34H,8-11,14H2,1-2H3,(H2,28,32)(H,30,33);4-6,12-13H,7-10H2,1-3H3,(H2,21,23)(H,22,24);3-6,17H,7H2,1-2H3,(H,15,16). The number of amides is 4. The lowest BCUT2D eigenvalue weighted by Gasteiger charge is -2.57. The van der Waals surface area contributed by atoms with E-state index >= 15 is 0 Å². The van der Waals surface area contributed by atoms with Crippen LogP contribution in [0.1, 0.15) is 141 Å². The number of benzene rings is 2. The zero-order valence-electron chi connectivity index (χ0n) is 45.6. The summed E-state index contributed by atoms with van der Waals surface area (Å²) in [5.74, 6) is -0.0669. The first-order chi connectivity index (χ1) is 37.4. The summed E-state index contributed by atoms with van der Waals surface area (Å²) < 4.78 is 33.1. The van der Waals surface area contributed by atoms with Crippen LogP contribution in [-0.2, 0) is 4.74 Å². The summed E-state index contributed by atoms with van der Waals surface area (Å²) in [6.45, 7) is 12.5. The maximum absolute atomic E-state index is 12.9. The molecule has 4 amide bonds. The number of nitrogens with one attached hydrogen (secondary N) is 2. The molecular weight excluding hydrogens is 1160 g/mol. The highest BCUT2D eigenvalue weighted by Crippen LogP contribution is 2.58. The number of rotatable bonds is 16. The van der Waals surface area contributed by atoms with E-state index in [1.165, 1.54) is 10.7 Å². The molecule has 10 rings (SSSR count). The Morgan fingerprint density at radius 1 is 0.613 bits per heavy atom. The molecule has 4 fully saturated rings. The van der Waals surface area contributed by atoms with Gasteiger partial charge in [0.1, 0.15) is 47.4 Å². The number of carbonyl (C=O) groups is 5. The van der Waals surface area contributed by atoms with Gasteiger partial charge in [-0.25, -0.2) is 18.6 Å². The van der Waals surface area contributed by atoms with E-state index in [-0.39, 0.29) is 65.9 Å². The minimum atomic E-state index is -1.02. The lowest BCUT2D eigenvalue weighted by atomic mass is 9.53. The van der Waals surface area contributed by atoms with E-state index in [1.54, 1.807) is 111 Å². The van der Waals surface area contributed by atoms with Crippen LogP contribution in [-0.4, -0.2) is 119 Å². The van der Waals surface area contributed by atoms with Gasteiger partial charge in [-0.1, -0.05) is 31.9 Å². The molecule has 4 saturated carbocycles.